The van der Waals surface area contributed by atoms with E-state index in [0.717, 1.165) is 19.0 Å². The molecule has 2 fully saturated rings. The Kier molecular flexibility index (Phi) is 3.11. The highest BCUT2D eigenvalue weighted by Crippen LogP contribution is 2.33. The number of hydrogen-bond acceptors (Lipinski definition) is 5. The minimum absolute atomic E-state index is 0.0476. The van der Waals surface area contributed by atoms with Crippen molar-refractivity contribution in [3.8, 4) is 0 Å². The molecule has 5 heteroatoms. The van der Waals surface area contributed by atoms with Crippen LogP contribution in [0.5, 0.6) is 0 Å². The first kappa shape index (κ1) is 11.2. The van der Waals surface area contributed by atoms with Crippen LogP contribution in [-0.4, -0.2) is 29.4 Å². The van der Waals surface area contributed by atoms with Gasteiger partial charge in [-0.15, -0.1) is 0 Å². The van der Waals surface area contributed by atoms with Crippen molar-refractivity contribution in [1.82, 2.24) is 15.5 Å². The van der Waals surface area contributed by atoms with Crippen LogP contribution in [0.3, 0.4) is 0 Å². The van der Waals surface area contributed by atoms with Crippen molar-refractivity contribution in [1.29, 1.82) is 0 Å². The number of ether oxygens (including phenoxy) is 1. The van der Waals surface area contributed by atoms with E-state index in [1.165, 1.54) is 25.7 Å². The quantitative estimate of drug-likeness (QED) is 0.849. The topological polar surface area (TPSA) is 60.2 Å². The first-order valence-corrected chi connectivity index (χ1v) is 6.53. The highest BCUT2D eigenvalue weighted by Gasteiger charge is 2.30. The Morgan fingerprint density at radius 1 is 1.29 bits per heavy atom. The van der Waals surface area contributed by atoms with Crippen LogP contribution < -0.4 is 5.32 Å². The van der Waals surface area contributed by atoms with Crippen molar-refractivity contribution in [2.75, 3.05) is 13.2 Å². The van der Waals surface area contributed by atoms with Crippen molar-refractivity contribution in [3.63, 3.8) is 0 Å². The zero-order chi connectivity index (χ0) is 11.7. The highest BCUT2D eigenvalue weighted by atomic mass is 16.5. The lowest BCUT2D eigenvalue weighted by atomic mass is 10.1. The Morgan fingerprint density at radius 2 is 2.12 bits per heavy atom. The summed E-state index contributed by atoms with van der Waals surface area (Å²) in [5.74, 6) is 2.07. The normalized spacial score (nSPS) is 30.9. The lowest BCUT2D eigenvalue weighted by Gasteiger charge is -2.27. The van der Waals surface area contributed by atoms with E-state index in [9.17, 15) is 0 Å². The third-order valence-electron chi connectivity index (χ3n) is 3.76. The molecule has 1 aliphatic carbocycles. The van der Waals surface area contributed by atoms with E-state index in [2.05, 4.69) is 15.5 Å². The number of morpholine rings is 1. The summed E-state index contributed by atoms with van der Waals surface area (Å²) in [6.45, 7) is 3.63. The minimum atomic E-state index is 0.0476. The maximum atomic E-state index is 5.59. The average Bonchev–Trinajstić information content (AvgIpc) is 3.00. The summed E-state index contributed by atoms with van der Waals surface area (Å²) >= 11 is 0. The molecule has 94 valence electrons. The SMILES string of the molecule is C[C@H]1OCCN[C@@H]1c1nc(C2CCCC2)no1. The average molecular weight is 237 g/mol. The first-order chi connectivity index (χ1) is 8.34. The molecule has 1 N–H and O–H groups in total. The number of nitrogens with one attached hydrogen (secondary N) is 1. The van der Waals surface area contributed by atoms with Gasteiger partial charge in [-0.2, -0.15) is 4.98 Å². The Morgan fingerprint density at radius 3 is 2.88 bits per heavy atom. The summed E-state index contributed by atoms with van der Waals surface area (Å²) in [6.07, 6.45) is 5.07. The zero-order valence-electron chi connectivity index (χ0n) is 10.2. The van der Waals surface area contributed by atoms with Gasteiger partial charge in [0, 0.05) is 12.5 Å². The summed E-state index contributed by atoms with van der Waals surface area (Å²) in [4.78, 5) is 4.55. The fraction of sp³-hybridized carbons (Fsp3) is 0.833. The molecule has 1 aromatic heterocycles. The summed E-state index contributed by atoms with van der Waals surface area (Å²) < 4.78 is 11.0. The molecule has 2 heterocycles. The summed E-state index contributed by atoms with van der Waals surface area (Å²) in [5.41, 5.74) is 0. The van der Waals surface area contributed by atoms with Crippen LogP contribution in [0.15, 0.2) is 4.52 Å². The van der Waals surface area contributed by atoms with Crippen LogP contribution in [0.1, 0.15) is 56.3 Å². The molecule has 1 saturated heterocycles. The van der Waals surface area contributed by atoms with Gasteiger partial charge in [0.1, 0.15) is 6.04 Å². The van der Waals surface area contributed by atoms with Gasteiger partial charge in [0.05, 0.1) is 12.7 Å². The lowest BCUT2D eigenvalue weighted by molar-refractivity contribution is -0.00136. The van der Waals surface area contributed by atoms with E-state index < -0.39 is 0 Å². The summed E-state index contributed by atoms with van der Waals surface area (Å²) in [5, 5.41) is 7.49. The van der Waals surface area contributed by atoms with Gasteiger partial charge in [0.2, 0.25) is 5.89 Å². The number of rotatable bonds is 2. The molecule has 5 nitrogen and oxygen atoms in total. The maximum absolute atomic E-state index is 5.59. The van der Waals surface area contributed by atoms with E-state index in [-0.39, 0.29) is 12.1 Å². The molecule has 3 rings (SSSR count). The minimum Gasteiger partial charge on any atom is -0.375 e. The second-order valence-electron chi connectivity index (χ2n) is 4.98. The number of hydrogen-bond donors (Lipinski definition) is 1. The van der Waals surface area contributed by atoms with Crippen LogP contribution in [0, 0.1) is 0 Å². The van der Waals surface area contributed by atoms with E-state index in [1.54, 1.807) is 0 Å². The molecule has 17 heavy (non-hydrogen) atoms. The van der Waals surface area contributed by atoms with Gasteiger partial charge in [-0.05, 0) is 19.8 Å². The Balaban J connectivity index is 1.74. The molecule has 0 aromatic carbocycles. The van der Waals surface area contributed by atoms with Crippen molar-refractivity contribution < 1.29 is 9.26 Å². The van der Waals surface area contributed by atoms with E-state index in [0.29, 0.717) is 11.8 Å². The third-order valence-corrected chi connectivity index (χ3v) is 3.76. The highest BCUT2D eigenvalue weighted by molar-refractivity contribution is 5.02. The molecule has 0 bridgehead atoms. The molecular weight excluding hydrogens is 218 g/mol. The predicted molar refractivity (Wildman–Crippen MR) is 61.7 cm³/mol. The van der Waals surface area contributed by atoms with E-state index in [1.807, 2.05) is 6.92 Å². The van der Waals surface area contributed by atoms with Crippen LogP contribution in [0.2, 0.25) is 0 Å². The lowest BCUT2D eigenvalue weighted by Crippen LogP contribution is -2.40. The van der Waals surface area contributed by atoms with Crippen molar-refractivity contribution in [2.45, 2.75) is 50.7 Å². The van der Waals surface area contributed by atoms with Crippen LogP contribution in [0.25, 0.3) is 0 Å². The van der Waals surface area contributed by atoms with Crippen LogP contribution >= 0.6 is 0 Å². The van der Waals surface area contributed by atoms with E-state index in [4.69, 9.17) is 9.26 Å². The molecule has 0 radical (unpaired) electrons. The van der Waals surface area contributed by atoms with E-state index >= 15 is 0 Å². The molecule has 0 unspecified atom stereocenters. The second-order valence-corrected chi connectivity index (χ2v) is 4.98. The van der Waals surface area contributed by atoms with Gasteiger partial charge in [-0.25, -0.2) is 0 Å². The van der Waals surface area contributed by atoms with Crippen molar-refractivity contribution >= 4 is 0 Å². The van der Waals surface area contributed by atoms with Crippen LogP contribution in [-0.2, 0) is 4.74 Å². The second kappa shape index (κ2) is 4.74. The fourth-order valence-corrected chi connectivity index (χ4v) is 2.73. The van der Waals surface area contributed by atoms with Crippen molar-refractivity contribution in [3.05, 3.63) is 11.7 Å². The molecule has 1 saturated carbocycles. The van der Waals surface area contributed by atoms with Gasteiger partial charge in [0.25, 0.3) is 0 Å². The zero-order valence-corrected chi connectivity index (χ0v) is 10.2. The standard InChI is InChI=1S/C12H19N3O2/c1-8-10(13-6-7-16-8)12-14-11(15-17-12)9-4-2-3-5-9/h8-10,13H,2-7H2,1H3/t8-,10+/m1/s1. The molecular formula is C12H19N3O2. The molecule has 1 aliphatic heterocycles. The molecule has 1 aromatic rings. The predicted octanol–water partition coefficient (Wildman–Crippen LogP) is 1.78. The Labute approximate surface area is 101 Å². The number of aromatic nitrogens is 2. The maximum Gasteiger partial charge on any atom is 0.246 e. The van der Waals surface area contributed by atoms with Gasteiger partial charge < -0.3 is 14.6 Å². The van der Waals surface area contributed by atoms with Gasteiger partial charge in [0.15, 0.2) is 5.82 Å². The largest absolute Gasteiger partial charge is 0.375 e. The monoisotopic (exact) mass is 237 g/mol. The Bertz CT molecular complexity index is 374. The first-order valence-electron chi connectivity index (χ1n) is 6.53. The molecule has 2 atom stereocenters. The summed E-state index contributed by atoms with van der Waals surface area (Å²) in [6, 6.07) is 0.0476. The summed E-state index contributed by atoms with van der Waals surface area (Å²) in [7, 11) is 0. The Hall–Kier alpha value is -0.940. The molecule has 0 spiro atoms. The smallest absolute Gasteiger partial charge is 0.246 e. The van der Waals surface area contributed by atoms with Crippen LogP contribution in [0.4, 0.5) is 0 Å². The van der Waals surface area contributed by atoms with Crippen molar-refractivity contribution in [2.24, 2.45) is 0 Å². The molecule has 0 amide bonds. The third kappa shape index (κ3) is 2.21. The fourth-order valence-electron chi connectivity index (χ4n) is 2.73. The van der Waals surface area contributed by atoms with Gasteiger partial charge >= 0.3 is 0 Å². The van der Waals surface area contributed by atoms with Gasteiger partial charge in [-0.3, -0.25) is 0 Å². The number of nitrogens with zero attached hydrogens (tertiary/aromatic N) is 2. The van der Waals surface area contributed by atoms with Gasteiger partial charge in [-0.1, -0.05) is 18.0 Å². The molecule has 2 aliphatic rings.